The smallest absolute Gasteiger partial charge is 0.255 e. The van der Waals surface area contributed by atoms with Crippen LogP contribution in [0.3, 0.4) is 0 Å². The summed E-state index contributed by atoms with van der Waals surface area (Å²) in [7, 11) is 2.09. The van der Waals surface area contributed by atoms with Gasteiger partial charge >= 0.3 is 0 Å². The molecular formula is C37H32N3O+. The van der Waals surface area contributed by atoms with Crippen molar-refractivity contribution >= 4 is 32.7 Å². The average Bonchev–Trinajstić information content (AvgIpc) is 3.41. The zero-order valence-electron chi connectivity index (χ0n) is 23.4. The van der Waals surface area contributed by atoms with Gasteiger partial charge in [0.05, 0.1) is 23.0 Å². The van der Waals surface area contributed by atoms with Gasteiger partial charge in [-0.05, 0) is 59.2 Å². The lowest BCUT2D eigenvalue weighted by Crippen LogP contribution is -2.29. The molecule has 0 aliphatic rings. The summed E-state index contributed by atoms with van der Waals surface area (Å²) in [4.78, 5) is 5.16. The summed E-state index contributed by atoms with van der Waals surface area (Å²) in [6.45, 7) is 2.91. The Morgan fingerprint density at radius 2 is 1.37 bits per heavy atom. The minimum Gasteiger partial charge on any atom is -0.487 e. The van der Waals surface area contributed by atoms with Gasteiger partial charge in [-0.25, -0.2) is 4.98 Å². The summed E-state index contributed by atoms with van der Waals surface area (Å²) in [5.74, 6) is 1.87. The second kappa shape index (κ2) is 10.5. The van der Waals surface area contributed by atoms with E-state index in [1.54, 1.807) is 0 Å². The molecule has 4 heteroatoms. The van der Waals surface area contributed by atoms with Crippen LogP contribution in [0.2, 0.25) is 0 Å². The molecule has 0 amide bonds. The van der Waals surface area contributed by atoms with Crippen LogP contribution < -0.4 is 9.30 Å². The number of rotatable bonds is 7. The Hall–Kier alpha value is -4.96. The van der Waals surface area contributed by atoms with Crippen LogP contribution in [-0.4, -0.2) is 16.2 Å². The Morgan fingerprint density at radius 3 is 2.20 bits per heavy atom. The van der Waals surface area contributed by atoms with Gasteiger partial charge in [-0.3, -0.25) is 4.57 Å². The van der Waals surface area contributed by atoms with Crippen molar-refractivity contribution in [2.45, 2.75) is 19.8 Å². The monoisotopic (exact) mass is 534 g/mol. The number of imidazole rings is 1. The van der Waals surface area contributed by atoms with Gasteiger partial charge in [-0.2, -0.15) is 4.57 Å². The Labute approximate surface area is 240 Å². The number of ether oxygens (including phenoxy) is 1. The highest BCUT2D eigenvalue weighted by atomic mass is 16.5. The van der Waals surface area contributed by atoms with Crippen molar-refractivity contribution in [1.82, 2.24) is 9.55 Å². The van der Waals surface area contributed by atoms with E-state index in [4.69, 9.17) is 9.72 Å². The molecule has 0 saturated carbocycles. The third-order valence-corrected chi connectivity index (χ3v) is 7.89. The van der Waals surface area contributed by atoms with E-state index in [-0.39, 0.29) is 0 Å². The van der Waals surface area contributed by atoms with Crippen LogP contribution in [0.4, 0.5) is 0 Å². The van der Waals surface area contributed by atoms with Crippen molar-refractivity contribution in [2.24, 2.45) is 7.05 Å². The van der Waals surface area contributed by atoms with Crippen LogP contribution in [0.15, 0.2) is 121 Å². The molecule has 2 heterocycles. The van der Waals surface area contributed by atoms with Gasteiger partial charge < -0.3 is 4.74 Å². The van der Waals surface area contributed by atoms with Gasteiger partial charge in [0.15, 0.2) is 11.9 Å². The zero-order valence-corrected chi connectivity index (χ0v) is 23.4. The van der Waals surface area contributed by atoms with E-state index in [1.165, 1.54) is 27.3 Å². The van der Waals surface area contributed by atoms with Crippen LogP contribution in [0, 0.1) is 0 Å². The fourth-order valence-corrected chi connectivity index (χ4v) is 5.92. The SMILES string of the molecule is CCCCOc1cccc2c(-c3cccc4c(-c5nc6ccccc6n5-c5ccccc5)cccc34)cc[n+](C)c12. The molecule has 0 aliphatic heterocycles. The molecule has 0 atom stereocenters. The van der Waals surface area contributed by atoms with E-state index in [1.807, 2.05) is 0 Å². The molecule has 200 valence electrons. The molecule has 41 heavy (non-hydrogen) atoms. The maximum atomic E-state index is 6.25. The molecule has 7 aromatic rings. The van der Waals surface area contributed by atoms with E-state index >= 15 is 0 Å². The summed E-state index contributed by atoms with van der Waals surface area (Å²) in [6, 6.07) is 40.6. The number of nitrogens with zero attached hydrogens (tertiary/aromatic N) is 3. The van der Waals surface area contributed by atoms with Crippen molar-refractivity contribution in [3.63, 3.8) is 0 Å². The van der Waals surface area contributed by atoms with Crippen LogP contribution in [0.5, 0.6) is 5.75 Å². The molecule has 2 aromatic heterocycles. The topological polar surface area (TPSA) is 30.9 Å². The Bertz CT molecular complexity index is 2020. The number of pyridine rings is 1. The maximum absolute atomic E-state index is 6.25. The second-order valence-electron chi connectivity index (χ2n) is 10.5. The Morgan fingerprint density at radius 1 is 0.683 bits per heavy atom. The van der Waals surface area contributed by atoms with Gasteiger partial charge in [-0.15, -0.1) is 0 Å². The van der Waals surface area contributed by atoms with E-state index < -0.39 is 0 Å². The van der Waals surface area contributed by atoms with Crippen LogP contribution in [0.25, 0.3) is 60.9 Å². The van der Waals surface area contributed by atoms with Gasteiger partial charge in [0.25, 0.3) is 5.52 Å². The van der Waals surface area contributed by atoms with Gasteiger partial charge in [0.2, 0.25) is 0 Å². The van der Waals surface area contributed by atoms with Gasteiger partial charge in [0, 0.05) is 22.9 Å². The first-order valence-electron chi connectivity index (χ1n) is 14.3. The lowest BCUT2D eigenvalue weighted by atomic mass is 9.93. The van der Waals surface area contributed by atoms with Gasteiger partial charge in [-0.1, -0.05) is 86.1 Å². The normalized spacial score (nSPS) is 11.5. The van der Waals surface area contributed by atoms with E-state index in [0.717, 1.165) is 58.8 Å². The minimum absolute atomic E-state index is 0.722. The fourth-order valence-electron chi connectivity index (χ4n) is 5.92. The minimum atomic E-state index is 0.722. The molecule has 0 radical (unpaired) electrons. The van der Waals surface area contributed by atoms with E-state index in [9.17, 15) is 0 Å². The summed E-state index contributed by atoms with van der Waals surface area (Å²) < 4.78 is 10.7. The van der Waals surface area contributed by atoms with Crippen molar-refractivity contribution < 1.29 is 9.30 Å². The number of aryl methyl sites for hydroxylation is 1. The predicted molar refractivity (Wildman–Crippen MR) is 169 cm³/mol. The highest BCUT2D eigenvalue weighted by Gasteiger charge is 2.20. The van der Waals surface area contributed by atoms with E-state index in [0.29, 0.717) is 0 Å². The molecule has 0 N–H and O–H groups in total. The number of fused-ring (bicyclic) bond motifs is 3. The quantitative estimate of drug-likeness (QED) is 0.151. The van der Waals surface area contributed by atoms with Crippen LogP contribution in [0.1, 0.15) is 19.8 Å². The van der Waals surface area contributed by atoms with Crippen LogP contribution in [-0.2, 0) is 7.05 Å². The third-order valence-electron chi connectivity index (χ3n) is 7.89. The maximum Gasteiger partial charge on any atom is 0.255 e. The van der Waals surface area contributed by atoms with Crippen LogP contribution >= 0.6 is 0 Å². The lowest BCUT2D eigenvalue weighted by molar-refractivity contribution is -0.645. The standard InChI is InChI=1S/C37H32N3O/c1-3-4-25-41-35-22-12-18-31-30(23-24-39(2)36(31)35)28-15-10-17-29-27(28)16-11-19-32(29)37-38-33-20-8-9-21-34(33)40(37)26-13-6-5-7-14-26/h5-24H,3-4,25H2,1-2H3/q+1. The molecule has 0 fully saturated rings. The predicted octanol–water partition coefficient (Wildman–Crippen LogP) is 8.67. The first-order chi connectivity index (χ1) is 20.2. The van der Waals surface area contributed by atoms with Crippen molar-refractivity contribution in [3.05, 3.63) is 121 Å². The molecule has 7 rings (SSSR count). The molecule has 0 unspecified atom stereocenters. The number of hydrogen-bond acceptors (Lipinski definition) is 2. The van der Waals surface area contributed by atoms with Gasteiger partial charge in [0.1, 0.15) is 12.9 Å². The molecule has 0 saturated heterocycles. The van der Waals surface area contributed by atoms with Crippen molar-refractivity contribution in [2.75, 3.05) is 6.61 Å². The number of para-hydroxylation sites is 4. The van der Waals surface area contributed by atoms with Crippen molar-refractivity contribution in [3.8, 4) is 34.0 Å². The number of benzene rings is 5. The fraction of sp³-hybridized carbons (Fsp3) is 0.135. The zero-order chi connectivity index (χ0) is 27.8. The van der Waals surface area contributed by atoms with Crippen molar-refractivity contribution in [1.29, 1.82) is 0 Å². The Balaban J connectivity index is 1.45. The molecule has 5 aromatic carbocycles. The highest BCUT2D eigenvalue weighted by Crippen LogP contribution is 2.39. The average molecular weight is 535 g/mol. The summed E-state index contributed by atoms with van der Waals surface area (Å²) in [5, 5.41) is 3.55. The third kappa shape index (κ3) is 4.33. The first kappa shape index (κ1) is 25.0. The number of aromatic nitrogens is 3. The highest BCUT2D eigenvalue weighted by molar-refractivity contribution is 6.08. The summed E-state index contributed by atoms with van der Waals surface area (Å²) in [5.41, 5.74) is 7.79. The number of hydrogen-bond donors (Lipinski definition) is 0. The lowest BCUT2D eigenvalue weighted by Gasteiger charge is -2.14. The molecule has 0 aliphatic carbocycles. The largest absolute Gasteiger partial charge is 0.487 e. The molecule has 0 spiro atoms. The Kier molecular flexibility index (Phi) is 6.44. The summed E-state index contributed by atoms with van der Waals surface area (Å²) in [6.07, 6.45) is 4.29. The first-order valence-corrected chi connectivity index (χ1v) is 14.3. The molecule has 0 bridgehead atoms. The molecular weight excluding hydrogens is 502 g/mol. The summed E-state index contributed by atoms with van der Waals surface area (Å²) >= 11 is 0. The number of unbranched alkanes of at least 4 members (excludes halogenated alkanes) is 1. The van der Waals surface area contributed by atoms with E-state index in [2.05, 4.69) is 145 Å². The second-order valence-corrected chi connectivity index (χ2v) is 10.5. The molecule has 4 nitrogen and oxygen atoms in total.